The molecule has 2 aromatic heterocycles. The van der Waals surface area contributed by atoms with Gasteiger partial charge in [-0.2, -0.15) is 13.2 Å². The van der Waals surface area contributed by atoms with Crippen LogP contribution in [0.5, 0.6) is 23.1 Å². The van der Waals surface area contributed by atoms with Crippen molar-refractivity contribution < 1.29 is 27.4 Å². The summed E-state index contributed by atoms with van der Waals surface area (Å²) in [6.07, 6.45) is 0.187. The van der Waals surface area contributed by atoms with E-state index in [4.69, 9.17) is 14.2 Å². The number of nitrogens with zero attached hydrogens (tertiary/aromatic N) is 2. The monoisotopic (exact) mass is 486 g/mol. The Labute approximate surface area is 199 Å². The molecule has 0 radical (unpaired) electrons. The van der Waals surface area contributed by atoms with E-state index in [1.165, 1.54) is 24.9 Å². The Hall–Kier alpha value is -3.53. The van der Waals surface area contributed by atoms with Gasteiger partial charge >= 0.3 is 6.18 Å². The van der Waals surface area contributed by atoms with Crippen molar-refractivity contribution in [1.82, 2.24) is 20.3 Å². The van der Waals surface area contributed by atoms with Crippen molar-refractivity contribution in [3.05, 3.63) is 48.4 Å². The Morgan fingerprint density at radius 1 is 1.09 bits per heavy atom. The number of nitrogens with one attached hydrogen (secondary N) is 2. The molecule has 0 spiro atoms. The van der Waals surface area contributed by atoms with Crippen LogP contribution in [0.3, 0.4) is 0 Å². The van der Waals surface area contributed by atoms with E-state index in [1.807, 2.05) is 0 Å². The first-order valence-electron chi connectivity index (χ1n) is 11.4. The van der Waals surface area contributed by atoms with Crippen molar-refractivity contribution in [1.29, 1.82) is 0 Å². The van der Waals surface area contributed by atoms with Crippen molar-refractivity contribution in [2.75, 3.05) is 26.8 Å². The lowest BCUT2D eigenvalue weighted by Crippen LogP contribution is -2.10. The van der Waals surface area contributed by atoms with Gasteiger partial charge in [0.05, 0.1) is 24.6 Å². The average Bonchev–Trinajstić information content (AvgIpc) is 3.51. The summed E-state index contributed by atoms with van der Waals surface area (Å²) in [5, 5.41) is 4.35. The highest BCUT2D eigenvalue weighted by Gasteiger charge is 2.32. The minimum Gasteiger partial charge on any atom is -0.493 e. The third-order valence-electron chi connectivity index (χ3n) is 6.17. The summed E-state index contributed by atoms with van der Waals surface area (Å²) < 4.78 is 56.5. The van der Waals surface area contributed by atoms with Crippen molar-refractivity contribution in [2.24, 2.45) is 5.92 Å². The fraction of sp³-hybridized carbons (Fsp3) is 0.360. The van der Waals surface area contributed by atoms with Crippen LogP contribution in [0.1, 0.15) is 25.0 Å². The minimum absolute atomic E-state index is 0.263. The highest BCUT2D eigenvalue weighted by Crippen LogP contribution is 2.37. The maximum atomic E-state index is 13.0. The molecule has 0 saturated carbocycles. The summed E-state index contributed by atoms with van der Waals surface area (Å²) in [7, 11) is 1.56. The molecule has 1 aliphatic heterocycles. The Kier molecular flexibility index (Phi) is 6.38. The fourth-order valence-corrected chi connectivity index (χ4v) is 4.35. The summed E-state index contributed by atoms with van der Waals surface area (Å²) in [6.45, 7) is 2.73. The number of ether oxygens (including phenoxy) is 3. The maximum absolute atomic E-state index is 13.0. The predicted molar refractivity (Wildman–Crippen MR) is 125 cm³/mol. The smallest absolute Gasteiger partial charge is 0.431 e. The van der Waals surface area contributed by atoms with E-state index in [0.717, 1.165) is 32.0 Å². The Morgan fingerprint density at radius 2 is 1.97 bits per heavy atom. The third-order valence-corrected chi connectivity index (χ3v) is 6.17. The summed E-state index contributed by atoms with van der Waals surface area (Å²) >= 11 is 0. The molecule has 1 aliphatic rings. The number of aromatic amines is 1. The largest absolute Gasteiger partial charge is 0.493 e. The van der Waals surface area contributed by atoms with E-state index in [0.29, 0.717) is 51.6 Å². The molecular formula is C25H25F3N4O3. The number of benzene rings is 2. The van der Waals surface area contributed by atoms with Crippen LogP contribution in [-0.4, -0.2) is 41.8 Å². The van der Waals surface area contributed by atoms with E-state index in [-0.39, 0.29) is 5.88 Å². The molecule has 1 atom stereocenters. The van der Waals surface area contributed by atoms with E-state index < -0.39 is 11.9 Å². The summed E-state index contributed by atoms with van der Waals surface area (Å²) in [6, 6.07) is 9.24. The number of H-pyrrole nitrogens is 1. The average molecular weight is 486 g/mol. The van der Waals surface area contributed by atoms with E-state index in [2.05, 4.69) is 20.3 Å². The Bertz CT molecular complexity index is 1330. The van der Waals surface area contributed by atoms with Gasteiger partial charge in [0, 0.05) is 17.0 Å². The van der Waals surface area contributed by atoms with Gasteiger partial charge < -0.3 is 24.5 Å². The van der Waals surface area contributed by atoms with Crippen molar-refractivity contribution >= 4 is 21.8 Å². The SMILES string of the molecule is COc1cc2c(Oc3ccc4[nH]c(C(F)(F)F)cc4c3)ncnc2cc1OCCCC1CCNC1. The quantitative estimate of drug-likeness (QED) is 0.311. The first-order valence-corrected chi connectivity index (χ1v) is 11.4. The zero-order valence-corrected chi connectivity index (χ0v) is 19.1. The van der Waals surface area contributed by atoms with Gasteiger partial charge in [0.25, 0.3) is 0 Å². The zero-order chi connectivity index (χ0) is 24.4. The topological polar surface area (TPSA) is 81.3 Å². The predicted octanol–water partition coefficient (Wildman–Crippen LogP) is 5.70. The molecular weight excluding hydrogens is 461 g/mol. The molecule has 35 heavy (non-hydrogen) atoms. The second kappa shape index (κ2) is 9.61. The van der Waals surface area contributed by atoms with Gasteiger partial charge in [-0.25, -0.2) is 9.97 Å². The molecule has 1 fully saturated rings. The first kappa shape index (κ1) is 23.2. The van der Waals surface area contributed by atoms with Gasteiger partial charge in [-0.15, -0.1) is 0 Å². The first-order chi connectivity index (χ1) is 16.9. The molecule has 184 valence electrons. The lowest BCUT2D eigenvalue weighted by molar-refractivity contribution is -0.140. The zero-order valence-electron chi connectivity index (χ0n) is 19.1. The molecule has 5 rings (SSSR count). The molecule has 4 aromatic rings. The van der Waals surface area contributed by atoms with Gasteiger partial charge in [0.15, 0.2) is 11.5 Å². The molecule has 2 N–H and O–H groups in total. The molecule has 0 aliphatic carbocycles. The van der Waals surface area contributed by atoms with Crippen LogP contribution < -0.4 is 19.5 Å². The molecule has 10 heteroatoms. The molecule has 0 bridgehead atoms. The Balaban J connectivity index is 1.35. The number of methoxy groups -OCH3 is 1. The van der Waals surface area contributed by atoms with Gasteiger partial charge in [-0.1, -0.05) is 0 Å². The molecule has 7 nitrogen and oxygen atoms in total. The maximum Gasteiger partial charge on any atom is 0.431 e. The molecule has 0 amide bonds. The van der Waals surface area contributed by atoms with Gasteiger partial charge in [0.1, 0.15) is 17.8 Å². The summed E-state index contributed by atoms with van der Waals surface area (Å²) in [5.74, 6) is 2.43. The second-order valence-corrected chi connectivity index (χ2v) is 8.58. The van der Waals surface area contributed by atoms with Gasteiger partial charge in [-0.05, 0) is 68.6 Å². The van der Waals surface area contributed by atoms with Crippen molar-refractivity contribution in [2.45, 2.75) is 25.4 Å². The molecule has 1 unspecified atom stereocenters. The molecule has 3 heterocycles. The van der Waals surface area contributed by atoms with Crippen LogP contribution in [0.25, 0.3) is 21.8 Å². The van der Waals surface area contributed by atoms with Crippen LogP contribution in [-0.2, 0) is 6.18 Å². The number of aromatic nitrogens is 3. The van der Waals surface area contributed by atoms with Crippen LogP contribution in [0.15, 0.2) is 42.7 Å². The van der Waals surface area contributed by atoms with Gasteiger partial charge in [-0.3, -0.25) is 0 Å². The van der Waals surface area contributed by atoms with E-state index >= 15 is 0 Å². The van der Waals surface area contributed by atoms with Crippen LogP contribution in [0, 0.1) is 5.92 Å². The van der Waals surface area contributed by atoms with Crippen molar-refractivity contribution in [3.8, 4) is 23.1 Å². The lowest BCUT2D eigenvalue weighted by atomic mass is 10.0. The number of halogens is 3. The third kappa shape index (κ3) is 5.12. The normalized spacial score (nSPS) is 16.2. The number of hydrogen-bond acceptors (Lipinski definition) is 6. The highest BCUT2D eigenvalue weighted by molar-refractivity contribution is 5.87. The van der Waals surface area contributed by atoms with Crippen LogP contribution in [0.4, 0.5) is 13.2 Å². The molecule has 2 aromatic carbocycles. The summed E-state index contributed by atoms with van der Waals surface area (Å²) in [4.78, 5) is 10.9. The lowest BCUT2D eigenvalue weighted by Gasteiger charge is -2.14. The van der Waals surface area contributed by atoms with E-state index in [1.54, 1.807) is 25.3 Å². The molecule has 1 saturated heterocycles. The van der Waals surface area contributed by atoms with Crippen molar-refractivity contribution in [3.63, 3.8) is 0 Å². The number of alkyl halides is 3. The number of fused-ring (bicyclic) bond motifs is 2. The minimum atomic E-state index is -4.45. The van der Waals surface area contributed by atoms with Crippen LogP contribution in [0.2, 0.25) is 0 Å². The fourth-order valence-electron chi connectivity index (χ4n) is 4.35. The number of rotatable bonds is 8. The Morgan fingerprint density at radius 3 is 2.74 bits per heavy atom. The van der Waals surface area contributed by atoms with Crippen LogP contribution >= 0.6 is 0 Å². The number of hydrogen-bond donors (Lipinski definition) is 2. The van der Waals surface area contributed by atoms with E-state index in [9.17, 15) is 13.2 Å². The second-order valence-electron chi connectivity index (χ2n) is 8.58. The highest BCUT2D eigenvalue weighted by atomic mass is 19.4. The summed E-state index contributed by atoms with van der Waals surface area (Å²) in [5.41, 5.74) is 0.159. The standard InChI is InChI=1S/C25H25F3N4O3/c1-33-21-11-18-20(12-22(21)34-8-2-3-15-6-7-29-13-15)30-14-31-24(18)35-17-4-5-19-16(9-17)10-23(32-19)25(26,27)28/h4-5,9-12,14-15,29,32H,2-3,6-8,13H2,1H3. The van der Waals surface area contributed by atoms with Gasteiger partial charge in [0.2, 0.25) is 5.88 Å².